The minimum atomic E-state index is -1.29. The Balaban J connectivity index is 1.54. The topological polar surface area (TPSA) is 51.2 Å². The van der Waals surface area contributed by atoms with Crippen molar-refractivity contribution in [2.24, 2.45) is 0 Å². The van der Waals surface area contributed by atoms with Crippen LogP contribution in [0.3, 0.4) is 0 Å². The molecule has 140 valence electrons. The Labute approximate surface area is 152 Å². The molecule has 0 bridgehead atoms. The summed E-state index contributed by atoms with van der Waals surface area (Å²) in [7, 11) is 3.29. The summed E-state index contributed by atoms with van der Waals surface area (Å²) in [6.07, 6.45) is 4.80. The Morgan fingerprint density at radius 2 is 1.96 bits per heavy atom. The van der Waals surface area contributed by atoms with Gasteiger partial charge in [0.05, 0.1) is 34.4 Å². The fourth-order valence-electron chi connectivity index (χ4n) is 4.00. The highest BCUT2D eigenvalue weighted by molar-refractivity contribution is 5.42. The summed E-state index contributed by atoms with van der Waals surface area (Å²) in [5.74, 6) is 1.48. The molecule has 0 aromatic heterocycles. The molecule has 25 heavy (non-hydrogen) atoms. The maximum absolute atomic E-state index is 9.96. The van der Waals surface area contributed by atoms with Crippen LogP contribution in [0.2, 0.25) is 0 Å². The van der Waals surface area contributed by atoms with Gasteiger partial charge in [0.1, 0.15) is 0 Å². The minimum absolute atomic E-state index is 0.192. The van der Waals surface area contributed by atoms with E-state index in [0.717, 1.165) is 42.9 Å². The van der Waals surface area contributed by atoms with Crippen LogP contribution in [0, 0.1) is 0 Å². The molecule has 1 unspecified atom stereocenters. The first-order valence-electron chi connectivity index (χ1n) is 9.81. The van der Waals surface area contributed by atoms with Gasteiger partial charge in [-0.1, -0.05) is 18.9 Å². The average molecular weight is 350 g/mol. The van der Waals surface area contributed by atoms with E-state index in [0.29, 0.717) is 25.6 Å². The molecule has 1 aromatic rings. The largest absolute Gasteiger partial charge is 0.493 e. The molecule has 1 aliphatic carbocycles. The first kappa shape index (κ1) is 17.1. The second-order valence-corrected chi connectivity index (χ2v) is 6.99. The molecule has 0 amide bonds. The van der Waals surface area contributed by atoms with E-state index in [1.807, 2.05) is 18.2 Å². The van der Waals surface area contributed by atoms with Crippen LogP contribution >= 0.6 is 0 Å². The maximum atomic E-state index is 9.96. The number of methoxy groups -OCH3 is 2. The smallest absolute Gasteiger partial charge is 0.160 e. The van der Waals surface area contributed by atoms with Gasteiger partial charge in [0.2, 0.25) is 0 Å². The number of hydrogen-bond acceptors (Lipinski definition) is 5. The lowest BCUT2D eigenvalue weighted by molar-refractivity contribution is -0.0316. The Morgan fingerprint density at radius 1 is 1.16 bits per heavy atom. The molecule has 2 aliphatic rings. The first-order chi connectivity index (χ1) is 12.5. The highest BCUT2D eigenvalue weighted by Crippen LogP contribution is 2.30. The number of ether oxygens (including phenoxy) is 3. The third-order valence-corrected chi connectivity index (χ3v) is 5.38. The van der Waals surface area contributed by atoms with Crippen molar-refractivity contribution in [1.82, 2.24) is 4.90 Å². The zero-order valence-corrected chi connectivity index (χ0v) is 15.4. The van der Waals surface area contributed by atoms with Crippen LogP contribution in [0.25, 0.3) is 0 Å². The molecule has 1 saturated heterocycles. The van der Waals surface area contributed by atoms with Gasteiger partial charge in [-0.05, 0) is 43.4 Å². The predicted molar refractivity (Wildman–Crippen MR) is 97.4 cm³/mol. The second-order valence-electron chi connectivity index (χ2n) is 6.99. The highest BCUT2D eigenvalue weighted by Gasteiger charge is 2.34. The van der Waals surface area contributed by atoms with Crippen molar-refractivity contribution >= 4 is 0 Å². The normalized spacial score (nSPS) is 30.9. The van der Waals surface area contributed by atoms with Crippen LogP contribution in [0.4, 0.5) is 0 Å². The molecule has 3 atom stereocenters. The number of benzene rings is 1. The second kappa shape index (κ2) is 8.88. The van der Waals surface area contributed by atoms with Crippen molar-refractivity contribution in [3.05, 3.63) is 23.8 Å². The molecule has 0 radical (unpaired) electrons. The van der Waals surface area contributed by atoms with Crippen LogP contribution in [-0.4, -0.2) is 62.1 Å². The van der Waals surface area contributed by atoms with E-state index in [9.17, 15) is 5.11 Å². The van der Waals surface area contributed by atoms with E-state index in [1.54, 1.807) is 14.2 Å². The molecule has 1 saturated carbocycles. The van der Waals surface area contributed by atoms with Crippen LogP contribution in [0.1, 0.15) is 39.0 Å². The van der Waals surface area contributed by atoms with Gasteiger partial charge >= 0.3 is 0 Å². The maximum Gasteiger partial charge on any atom is 0.160 e. The standard InChI is InChI=1S/C20H31NO4/c1-23-19-8-7-15(13-20(19)24-2)10-12-25-18-6-4-3-5-17(18)21-11-9-16(22)14-21/h7-8,13,16-18,22H,3-6,9-12,14H2,1-2H3/t16?,17-,18-/m1/s1/i16D. The SMILES string of the molecule is [2H]C1(O)CCN([C@@H]2CCCC[C@H]2OCCc2ccc(OC)c(OC)c2)C1. The van der Waals surface area contributed by atoms with Crippen LogP contribution in [-0.2, 0) is 11.2 Å². The van der Waals surface area contributed by atoms with E-state index in [2.05, 4.69) is 4.90 Å². The zero-order valence-electron chi connectivity index (χ0n) is 16.4. The van der Waals surface area contributed by atoms with Crippen LogP contribution in [0.15, 0.2) is 18.2 Å². The Morgan fingerprint density at radius 3 is 2.68 bits per heavy atom. The van der Waals surface area contributed by atoms with Gasteiger partial charge in [-0.3, -0.25) is 4.90 Å². The number of β-amino-alcohol motifs (C(OH)–C–C–N with tert-alkyl or cyclic N) is 1. The Kier molecular flexibility index (Phi) is 6.08. The van der Waals surface area contributed by atoms with Crippen molar-refractivity contribution < 1.29 is 20.7 Å². The molecule has 1 aliphatic heterocycles. The van der Waals surface area contributed by atoms with Gasteiger partial charge in [0.15, 0.2) is 11.5 Å². The highest BCUT2D eigenvalue weighted by atomic mass is 16.5. The summed E-state index contributed by atoms with van der Waals surface area (Å²) in [4.78, 5) is 2.26. The lowest BCUT2D eigenvalue weighted by Crippen LogP contribution is -2.46. The summed E-state index contributed by atoms with van der Waals surface area (Å²) < 4.78 is 24.8. The van der Waals surface area contributed by atoms with E-state index < -0.39 is 6.08 Å². The van der Waals surface area contributed by atoms with E-state index in [-0.39, 0.29) is 6.10 Å². The monoisotopic (exact) mass is 350 g/mol. The predicted octanol–water partition coefficient (Wildman–Crippen LogP) is 2.64. The van der Waals surface area contributed by atoms with E-state index in [1.165, 1.54) is 12.8 Å². The number of hydrogen-bond donors (Lipinski definition) is 1. The lowest BCUT2D eigenvalue weighted by Gasteiger charge is -2.37. The third-order valence-electron chi connectivity index (χ3n) is 5.38. The van der Waals surface area contributed by atoms with E-state index >= 15 is 0 Å². The molecule has 2 fully saturated rings. The van der Waals surface area contributed by atoms with Gasteiger partial charge in [0.25, 0.3) is 0 Å². The van der Waals surface area contributed by atoms with Crippen molar-refractivity contribution in [3.8, 4) is 11.5 Å². The first-order valence-corrected chi connectivity index (χ1v) is 9.31. The van der Waals surface area contributed by atoms with Gasteiger partial charge < -0.3 is 19.3 Å². The van der Waals surface area contributed by atoms with Gasteiger partial charge in [0, 0.05) is 19.1 Å². The fourth-order valence-corrected chi connectivity index (χ4v) is 4.00. The van der Waals surface area contributed by atoms with Crippen molar-refractivity contribution in [1.29, 1.82) is 0 Å². The van der Waals surface area contributed by atoms with Crippen LogP contribution in [0.5, 0.6) is 11.5 Å². The van der Waals surface area contributed by atoms with Crippen LogP contribution < -0.4 is 9.47 Å². The average Bonchev–Trinajstić information content (AvgIpc) is 3.01. The summed E-state index contributed by atoms with van der Waals surface area (Å²) in [6.45, 7) is 1.89. The van der Waals surface area contributed by atoms with Crippen molar-refractivity contribution in [3.63, 3.8) is 0 Å². The Bertz CT molecular complexity index is 595. The summed E-state index contributed by atoms with van der Waals surface area (Å²) in [5, 5.41) is 9.96. The van der Waals surface area contributed by atoms with Crippen molar-refractivity contribution in [2.75, 3.05) is 33.9 Å². The lowest BCUT2D eigenvalue weighted by atomic mass is 9.91. The zero-order chi connectivity index (χ0) is 18.6. The molecular weight excluding hydrogens is 318 g/mol. The number of aliphatic hydroxyl groups is 1. The number of likely N-dealkylation sites (tertiary alicyclic amines) is 1. The molecule has 3 rings (SSSR count). The van der Waals surface area contributed by atoms with Gasteiger partial charge in [-0.25, -0.2) is 0 Å². The third kappa shape index (κ3) is 4.66. The molecule has 1 heterocycles. The summed E-state index contributed by atoms with van der Waals surface area (Å²) in [5.41, 5.74) is 1.16. The molecule has 1 N–H and O–H groups in total. The molecular formula is C20H31NO4. The quantitative estimate of drug-likeness (QED) is 0.819. The molecule has 5 nitrogen and oxygen atoms in total. The number of rotatable bonds is 7. The van der Waals surface area contributed by atoms with Crippen molar-refractivity contribution in [2.45, 2.75) is 56.8 Å². The van der Waals surface area contributed by atoms with Gasteiger partial charge in [-0.2, -0.15) is 0 Å². The molecule has 1 aromatic carbocycles. The summed E-state index contributed by atoms with van der Waals surface area (Å²) >= 11 is 0. The minimum Gasteiger partial charge on any atom is -0.493 e. The molecule has 0 spiro atoms. The van der Waals surface area contributed by atoms with Gasteiger partial charge in [-0.15, -0.1) is 0 Å². The fraction of sp³-hybridized carbons (Fsp3) is 0.700. The summed E-state index contributed by atoms with van der Waals surface area (Å²) in [6, 6.07) is 6.30. The van der Waals surface area contributed by atoms with E-state index in [4.69, 9.17) is 15.6 Å². The Hall–Kier alpha value is -1.30. The number of nitrogens with zero attached hydrogens (tertiary/aromatic N) is 1. The molecule has 5 heteroatoms.